The summed E-state index contributed by atoms with van der Waals surface area (Å²) in [6.07, 6.45) is 0.347. The molecule has 1 aliphatic rings. The van der Waals surface area contributed by atoms with Crippen LogP contribution in [0.2, 0.25) is 0 Å². The molecule has 1 heterocycles. The Morgan fingerprint density at radius 3 is 2.67 bits per heavy atom. The van der Waals surface area contributed by atoms with Crippen molar-refractivity contribution in [3.05, 3.63) is 0 Å². The van der Waals surface area contributed by atoms with Gasteiger partial charge in [0.15, 0.2) is 0 Å². The van der Waals surface area contributed by atoms with E-state index < -0.39 is 5.97 Å². The summed E-state index contributed by atoms with van der Waals surface area (Å²) in [4.78, 5) is 21.4. The molecular formula is C7H12N2O3. The predicted molar refractivity (Wildman–Crippen MR) is 41.2 cm³/mol. The number of carboxylic acids is 1. The summed E-state index contributed by atoms with van der Waals surface area (Å²) in [6, 6.07) is 0. The van der Waals surface area contributed by atoms with E-state index in [0.717, 1.165) is 5.01 Å². The molecule has 1 amide bonds. The number of nitrogens with zero attached hydrogens (tertiary/aromatic N) is 1. The average molecular weight is 172 g/mol. The minimum atomic E-state index is -1.01. The number of carbonyl (C=O) groups excluding carboxylic acids is 1. The molecule has 1 fully saturated rings. The van der Waals surface area contributed by atoms with Crippen molar-refractivity contribution < 1.29 is 14.7 Å². The summed E-state index contributed by atoms with van der Waals surface area (Å²) in [5.41, 5.74) is 2.50. The number of nitrogens with one attached hydrogen (secondary N) is 1. The second-order valence-corrected chi connectivity index (χ2v) is 3.55. The van der Waals surface area contributed by atoms with E-state index >= 15 is 0 Å². The molecule has 1 aliphatic heterocycles. The van der Waals surface area contributed by atoms with Crippen LogP contribution in [0, 0.1) is 0 Å². The highest BCUT2D eigenvalue weighted by Gasteiger charge is 2.35. The summed E-state index contributed by atoms with van der Waals surface area (Å²) in [7, 11) is 0. The van der Waals surface area contributed by atoms with Crippen LogP contribution in [0.15, 0.2) is 0 Å². The molecule has 0 saturated carbocycles. The van der Waals surface area contributed by atoms with Gasteiger partial charge in [-0.05, 0) is 13.8 Å². The Labute approximate surface area is 70.3 Å². The highest BCUT2D eigenvalue weighted by molar-refractivity contribution is 5.83. The van der Waals surface area contributed by atoms with E-state index in [4.69, 9.17) is 5.11 Å². The Kier molecular flexibility index (Phi) is 2.06. The van der Waals surface area contributed by atoms with E-state index in [2.05, 4.69) is 5.43 Å². The maximum absolute atomic E-state index is 11.1. The first kappa shape index (κ1) is 8.99. The third-order valence-corrected chi connectivity index (χ3v) is 1.63. The second-order valence-electron chi connectivity index (χ2n) is 3.55. The van der Waals surface area contributed by atoms with Crippen LogP contribution < -0.4 is 5.43 Å². The topological polar surface area (TPSA) is 69.6 Å². The van der Waals surface area contributed by atoms with Gasteiger partial charge < -0.3 is 5.11 Å². The quantitative estimate of drug-likeness (QED) is 0.594. The smallest absolute Gasteiger partial charge is 0.324 e. The first-order valence-corrected chi connectivity index (χ1v) is 3.71. The van der Waals surface area contributed by atoms with Gasteiger partial charge in [-0.15, -0.1) is 0 Å². The SMILES string of the molecule is CC1(C)CC(=O)N(CC(=O)O)N1. The lowest BCUT2D eigenvalue weighted by molar-refractivity contribution is -0.144. The Bertz CT molecular complexity index is 225. The fraction of sp³-hybridized carbons (Fsp3) is 0.714. The molecule has 1 saturated heterocycles. The number of carbonyl (C=O) groups is 2. The number of hydrogen-bond acceptors (Lipinski definition) is 3. The van der Waals surface area contributed by atoms with Crippen molar-refractivity contribution >= 4 is 11.9 Å². The number of amides is 1. The van der Waals surface area contributed by atoms with Crippen LogP contribution in [-0.4, -0.2) is 34.1 Å². The fourth-order valence-corrected chi connectivity index (χ4v) is 1.20. The molecule has 2 N–H and O–H groups in total. The molecule has 0 aliphatic carbocycles. The van der Waals surface area contributed by atoms with Gasteiger partial charge in [0.1, 0.15) is 6.54 Å². The largest absolute Gasteiger partial charge is 0.480 e. The van der Waals surface area contributed by atoms with Crippen LogP contribution in [0.1, 0.15) is 20.3 Å². The summed E-state index contributed by atoms with van der Waals surface area (Å²) < 4.78 is 0. The maximum atomic E-state index is 11.1. The van der Waals surface area contributed by atoms with Crippen LogP contribution in [0.3, 0.4) is 0 Å². The van der Waals surface area contributed by atoms with Gasteiger partial charge in [0, 0.05) is 12.0 Å². The van der Waals surface area contributed by atoms with Gasteiger partial charge in [-0.1, -0.05) is 0 Å². The van der Waals surface area contributed by atoms with E-state index in [9.17, 15) is 9.59 Å². The van der Waals surface area contributed by atoms with Crippen molar-refractivity contribution in [2.24, 2.45) is 0 Å². The van der Waals surface area contributed by atoms with Crippen molar-refractivity contribution in [3.63, 3.8) is 0 Å². The molecule has 5 nitrogen and oxygen atoms in total. The first-order valence-electron chi connectivity index (χ1n) is 3.71. The van der Waals surface area contributed by atoms with Crippen LogP contribution >= 0.6 is 0 Å². The molecule has 0 spiro atoms. The molecule has 0 aromatic heterocycles. The summed E-state index contributed by atoms with van der Waals surface area (Å²) in [6.45, 7) is 3.43. The number of hydrazine groups is 1. The lowest BCUT2D eigenvalue weighted by Crippen LogP contribution is -2.44. The Balaban J connectivity index is 2.58. The van der Waals surface area contributed by atoms with E-state index in [1.807, 2.05) is 13.8 Å². The Hall–Kier alpha value is -1.10. The normalized spacial score (nSPS) is 21.5. The molecule has 0 unspecified atom stereocenters. The van der Waals surface area contributed by atoms with Crippen molar-refractivity contribution in [2.45, 2.75) is 25.8 Å². The average Bonchev–Trinajstić information content (AvgIpc) is 2.03. The van der Waals surface area contributed by atoms with E-state index in [1.165, 1.54) is 0 Å². The van der Waals surface area contributed by atoms with Gasteiger partial charge in [-0.25, -0.2) is 5.43 Å². The van der Waals surface area contributed by atoms with Crippen molar-refractivity contribution in [3.8, 4) is 0 Å². The monoisotopic (exact) mass is 172 g/mol. The minimum absolute atomic E-state index is 0.164. The standard InChI is InChI=1S/C7H12N2O3/c1-7(2)3-5(10)9(8-7)4-6(11)12/h8H,3-4H2,1-2H3,(H,11,12). The van der Waals surface area contributed by atoms with E-state index in [0.29, 0.717) is 6.42 Å². The van der Waals surface area contributed by atoms with Crippen LogP contribution in [-0.2, 0) is 9.59 Å². The van der Waals surface area contributed by atoms with Crippen molar-refractivity contribution in [1.29, 1.82) is 0 Å². The van der Waals surface area contributed by atoms with Gasteiger partial charge in [-0.3, -0.25) is 14.6 Å². The van der Waals surface area contributed by atoms with Gasteiger partial charge in [0.2, 0.25) is 5.91 Å². The molecule has 0 aromatic carbocycles. The summed E-state index contributed by atoms with van der Waals surface area (Å²) in [5.74, 6) is -1.17. The molecule has 68 valence electrons. The zero-order chi connectivity index (χ0) is 9.35. The minimum Gasteiger partial charge on any atom is -0.480 e. The zero-order valence-electron chi connectivity index (χ0n) is 7.13. The third-order valence-electron chi connectivity index (χ3n) is 1.63. The lowest BCUT2D eigenvalue weighted by Gasteiger charge is -2.19. The highest BCUT2D eigenvalue weighted by Crippen LogP contribution is 2.17. The molecule has 5 heteroatoms. The third kappa shape index (κ3) is 1.94. The summed E-state index contributed by atoms with van der Waals surface area (Å²) in [5, 5.41) is 9.57. The highest BCUT2D eigenvalue weighted by atomic mass is 16.4. The molecule has 0 aromatic rings. The van der Waals surface area contributed by atoms with Crippen LogP contribution in [0.5, 0.6) is 0 Å². The zero-order valence-corrected chi connectivity index (χ0v) is 7.13. The van der Waals surface area contributed by atoms with Crippen molar-refractivity contribution in [1.82, 2.24) is 10.4 Å². The molecule has 0 atom stereocenters. The summed E-state index contributed by atoms with van der Waals surface area (Å²) >= 11 is 0. The fourth-order valence-electron chi connectivity index (χ4n) is 1.20. The number of hydrogen-bond donors (Lipinski definition) is 2. The predicted octanol–water partition coefficient (Wildman–Crippen LogP) is -0.414. The van der Waals surface area contributed by atoms with E-state index in [-0.39, 0.29) is 18.0 Å². The number of carboxylic acid groups (broad SMARTS) is 1. The Morgan fingerprint density at radius 1 is 1.75 bits per heavy atom. The number of rotatable bonds is 2. The van der Waals surface area contributed by atoms with Gasteiger partial charge in [-0.2, -0.15) is 0 Å². The molecule has 0 radical (unpaired) electrons. The van der Waals surface area contributed by atoms with Crippen LogP contribution in [0.25, 0.3) is 0 Å². The maximum Gasteiger partial charge on any atom is 0.324 e. The molecule has 0 bridgehead atoms. The molecule has 1 rings (SSSR count). The van der Waals surface area contributed by atoms with Gasteiger partial charge >= 0.3 is 5.97 Å². The lowest BCUT2D eigenvalue weighted by atomic mass is 10.0. The van der Waals surface area contributed by atoms with Gasteiger partial charge in [0.05, 0.1) is 0 Å². The first-order chi connectivity index (χ1) is 5.41. The Morgan fingerprint density at radius 2 is 2.33 bits per heavy atom. The molecular weight excluding hydrogens is 160 g/mol. The van der Waals surface area contributed by atoms with Gasteiger partial charge in [0.25, 0.3) is 0 Å². The van der Waals surface area contributed by atoms with E-state index in [1.54, 1.807) is 0 Å². The van der Waals surface area contributed by atoms with Crippen LogP contribution in [0.4, 0.5) is 0 Å². The number of aliphatic carboxylic acids is 1. The van der Waals surface area contributed by atoms with Crippen molar-refractivity contribution in [2.75, 3.05) is 6.54 Å². The molecule has 12 heavy (non-hydrogen) atoms. The second kappa shape index (κ2) is 2.75.